The molecule has 0 spiro atoms. The van der Waals surface area contributed by atoms with E-state index in [1.807, 2.05) is 24.3 Å². The summed E-state index contributed by atoms with van der Waals surface area (Å²) in [5.74, 6) is 0.0428. The van der Waals surface area contributed by atoms with E-state index in [9.17, 15) is 5.11 Å². The van der Waals surface area contributed by atoms with Crippen LogP contribution in [0.25, 0.3) is 0 Å². The third-order valence-electron chi connectivity index (χ3n) is 4.40. The second-order valence-electron chi connectivity index (χ2n) is 7.75. The number of hydrogen-bond donors (Lipinski definition) is 1. The van der Waals surface area contributed by atoms with Crippen LogP contribution in [0.1, 0.15) is 59.4 Å². The molecule has 0 fully saturated rings. The fourth-order valence-corrected chi connectivity index (χ4v) is 3.57. The molecule has 1 atom stereocenters. The first-order valence-corrected chi connectivity index (χ1v) is 7.44. The van der Waals surface area contributed by atoms with Crippen molar-refractivity contribution in [3.8, 4) is 0 Å². The molecule has 0 bridgehead atoms. The van der Waals surface area contributed by atoms with E-state index in [1.54, 1.807) is 0 Å². The van der Waals surface area contributed by atoms with E-state index in [1.165, 1.54) is 5.56 Å². The van der Waals surface area contributed by atoms with Gasteiger partial charge in [0.25, 0.3) is 0 Å². The molecule has 0 aliphatic carbocycles. The van der Waals surface area contributed by atoms with Crippen molar-refractivity contribution in [2.45, 2.75) is 59.5 Å². The quantitative estimate of drug-likeness (QED) is 0.751. The minimum Gasteiger partial charge on any atom is -0.388 e. The van der Waals surface area contributed by atoms with Crippen molar-refractivity contribution >= 4 is 0 Å². The molecule has 1 unspecified atom stereocenters. The molecule has 20 heavy (non-hydrogen) atoms. The Hall–Kier alpha value is -1.08. The summed E-state index contributed by atoms with van der Waals surface area (Å²) >= 11 is 0. The first kappa shape index (κ1) is 17.0. The van der Waals surface area contributed by atoms with E-state index < -0.39 is 5.60 Å². The molecule has 0 heterocycles. The molecule has 0 aliphatic rings. The summed E-state index contributed by atoms with van der Waals surface area (Å²) < 4.78 is 0. The Kier molecular flexibility index (Phi) is 4.86. The van der Waals surface area contributed by atoms with Gasteiger partial charge in [0.05, 0.1) is 5.60 Å². The van der Waals surface area contributed by atoms with Gasteiger partial charge in [0.1, 0.15) is 0 Å². The molecule has 0 aliphatic heterocycles. The SMILES string of the molecule is C=CCC(c1ccccc1)C(O)(C(C)(C)C)C(C)(C)C. The summed E-state index contributed by atoms with van der Waals surface area (Å²) in [6, 6.07) is 10.3. The normalized spacial score (nSPS) is 14.9. The van der Waals surface area contributed by atoms with E-state index >= 15 is 0 Å². The minimum absolute atomic E-state index is 0.0428. The van der Waals surface area contributed by atoms with Gasteiger partial charge in [-0.1, -0.05) is 78.0 Å². The fraction of sp³-hybridized carbons (Fsp3) is 0.579. The maximum atomic E-state index is 11.7. The van der Waals surface area contributed by atoms with Crippen molar-refractivity contribution < 1.29 is 5.11 Å². The number of hydrogen-bond acceptors (Lipinski definition) is 1. The maximum absolute atomic E-state index is 11.7. The van der Waals surface area contributed by atoms with Crippen molar-refractivity contribution in [3.05, 3.63) is 48.6 Å². The lowest BCUT2D eigenvalue weighted by Gasteiger charge is -2.54. The Morgan fingerprint density at radius 1 is 1.00 bits per heavy atom. The highest BCUT2D eigenvalue weighted by Gasteiger charge is 2.54. The minimum atomic E-state index is -0.824. The monoisotopic (exact) mass is 274 g/mol. The van der Waals surface area contributed by atoms with Gasteiger partial charge < -0.3 is 5.11 Å². The summed E-state index contributed by atoms with van der Waals surface area (Å²) in [6.07, 6.45) is 2.69. The Morgan fingerprint density at radius 2 is 1.45 bits per heavy atom. The predicted octanol–water partition coefficient (Wildman–Crippen LogP) is 5.17. The summed E-state index contributed by atoms with van der Waals surface area (Å²) in [5, 5.41) is 11.7. The molecule has 1 nitrogen and oxygen atoms in total. The van der Waals surface area contributed by atoms with Crippen LogP contribution in [0.15, 0.2) is 43.0 Å². The third kappa shape index (κ3) is 2.98. The van der Waals surface area contributed by atoms with Crippen LogP contribution >= 0.6 is 0 Å². The van der Waals surface area contributed by atoms with E-state index in [0.29, 0.717) is 0 Å². The van der Waals surface area contributed by atoms with Crippen molar-refractivity contribution in [1.82, 2.24) is 0 Å². The number of rotatable bonds is 4. The molecule has 1 N–H and O–H groups in total. The van der Waals surface area contributed by atoms with Gasteiger partial charge >= 0.3 is 0 Å². The lowest BCUT2D eigenvalue weighted by Crippen LogP contribution is -2.57. The van der Waals surface area contributed by atoms with Crippen LogP contribution in [0, 0.1) is 10.8 Å². The highest BCUT2D eigenvalue weighted by atomic mass is 16.3. The fourth-order valence-electron chi connectivity index (χ4n) is 3.57. The molecule has 1 aromatic carbocycles. The summed E-state index contributed by atoms with van der Waals surface area (Å²) in [4.78, 5) is 0. The Labute approximate surface area is 124 Å². The molecule has 0 saturated carbocycles. The van der Waals surface area contributed by atoms with Gasteiger partial charge in [0.15, 0.2) is 0 Å². The predicted molar refractivity (Wildman–Crippen MR) is 87.9 cm³/mol. The maximum Gasteiger partial charge on any atom is 0.0814 e. The van der Waals surface area contributed by atoms with Crippen LogP contribution in [0.4, 0.5) is 0 Å². The average molecular weight is 274 g/mol. The third-order valence-corrected chi connectivity index (χ3v) is 4.40. The lowest BCUT2D eigenvalue weighted by molar-refractivity contribution is -0.155. The Balaban J connectivity index is 3.46. The molecule has 1 aromatic rings. The topological polar surface area (TPSA) is 20.2 Å². The van der Waals surface area contributed by atoms with Crippen LogP contribution in [0.3, 0.4) is 0 Å². The molecule has 0 radical (unpaired) electrons. The van der Waals surface area contributed by atoms with Gasteiger partial charge in [0.2, 0.25) is 0 Å². The molecule has 1 heteroatoms. The molecule has 0 aromatic heterocycles. The molecule has 0 amide bonds. The van der Waals surface area contributed by atoms with Gasteiger partial charge in [-0.3, -0.25) is 0 Å². The van der Waals surface area contributed by atoms with Crippen molar-refractivity contribution in [1.29, 1.82) is 0 Å². The van der Waals surface area contributed by atoms with E-state index in [4.69, 9.17) is 0 Å². The second kappa shape index (κ2) is 5.73. The molecular formula is C19H30O. The second-order valence-corrected chi connectivity index (χ2v) is 7.75. The smallest absolute Gasteiger partial charge is 0.0814 e. The summed E-state index contributed by atoms with van der Waals surface area (Å²) in [7, 11) is 0. The number of allylic oxidation sites excluding steroid dienone is 1. The van der Waals surface area contributed by atoms with Gasteiger partial charge in [-0.05, 0) is 22.8 Å². The summed E-state index contributed by atoms with van der Waals surface area (Å²) in [6.45, 7) is 16.6. The Bertz CT molecular complexity index is 417. The van der Waals surface area contributed by atoms with Crippen molar-refractivity contribution in [2.24, 2.45) is 10.8 Å². The van der Waals surface area contributed by atoms with E-state index in [2.05, 4.69) is 60.3 Å². The lowest BCUT2D eigenvalue weighted by atomic mass is 9.55. The standard InChI is InChI=1S/C19H30O/c1-8-12-16(15-13-10-9-11-14-15)19(20,17(2,3)4)18(5,6)7/h8-11,13-14,16,20H,1,12H2,2-7H3. The summed E-state index contributed by atoms with van der Waals surface area (Å²) in [5.41, 5.74) is -0.0984. The van der Waals surface area contributed by atoms with Gasteiger partial charge in [-0.2, -0.15) is 0 Å². The van der Waals surface area contributed by atoms with Crippen molar-refractivity contribution in [3.63, 3.8) is 0 Å². The first-order valence-electron chi connectivity index (χ1n) is 7.44. The van der Waals surface area contributed by atoms with Gasteiger partial charge in [-0.15, -0.1) is 6.58 Å². The largest absolute Gasteiger partial charge is 0.388 e. The molecule has 1 rings (SSSR count). The zero-order chi connectivity index (χ0) is 15.6. The molecular weight excluding hydrogens is 244 g/mol. The van der Waals surface area contributed by atoms with E-state index in [0.717, 1.165) is 6.42 Å². The van der Waals surface area contributed by atoms with E-state index in [-0.39, 0.29) is 16.7 Å². The average Bonchev–Trinajstić information content (AvgIpc) is 2.33. The molecule has 112 valence electrons. The number of aliphatic hydroxyl groups is 1. The highest BCUT2D eigenvalue weighted by Crippen LogP contribution is 2.53. The number of benzene rings is 1. The highest BCUT2D eigenvalue weighted by molar-refractivity contribution is 5.27. The van der Waals surface area contributed by atoms with Crippen molar-refractivity contribution in [2.75, 3.05) is 0 Å². The molecule has 0 saturated heterocycles. The van der Waals surface area contributed by atoms with Crippen LogP contribution in [-0.4, -0.2) is 10.7 Å². The van der Waals surface area contributed by atoms with Gasteiger partial charge in [-0.25, -0.2) is 0 Å². The van der Waals surface area contributed by atoms with Crippen LogP contribution in [-0.2, 0) is 0 Å². The zero-order valence-corrected chi connectivity index (χ0v) is 13.9. The van der Waals surface area contributed by atoms with Crippen LogP contribution < -0.4 is 0 Å². The zero-order valence-electron chi connectivity index (χ0n) is 13.9. The Morgan fingerprint density at radius 3 is 1.80 bits per heavy atom. The van der Waals surface area contributed by atoms with Crippen LogP contribution in [0.2, 0.25) is 0 Å². The van der Waals surface area contributed by atoms with Crippen LogP contribution in [0.5, 0.6) is 0 Å². The van der Waals surface area contributed by atoms with Gasteiger partial charge in [0, 0.05) is 5.92 Å². The first-order chi connectivity index (χ1) is 9.05.